The number of unbranched alkanes of at least 4 members (excludes halogenated alkanes) is 1. The summed E-state index contributed by atoms with van der Waals surface area (Å²) in [6, 6.07) is 5.90. The molecule has 1 atom stereocenters. The highest BCUT2D eigenvalue weighted by molar-refractivity contribution is 6.01. The number of hydrogen-bond donors (Lipinski definition) is 1. The van der Waals surface area contributed by atoms with Gasteiger partial charge in [0.2, 0.25) is 0 Å². The van der Waals surface area contributed by atoms with Gasteiger partial charge >= 0.3 is 0 Å². The lowest BCUT2D eigenvalue weighted by Gasteiger charge is -2.14. The molecule has 1 unspecified atom stereocenters. The summed E-state index contributed by atoms with van der Waals surface area (Å²) in [5, 5.41) is 3.27. The standard InChI is InChI=1S/C15H23NO/c1-5-6-9-16-13(4)15(17)14-8-7-11(2)10-12(14)3/h7-8,10,13,16H,5-6,9H2,1-4H3. The van der Waals surface area contributed by atoms with Gasteiger partial charge in [0.15, 0.2) is 5.78 Å². The monoisotopic (exact) mass is 233 g/mol. The van der Waals surface area contributed by atoms with Gasteiger partial charge in [0.05, 0.1) is 6.04 Å². The molecule has 0 saturated heterocycles. The van der Waals surface area contributed by atoms with E-state index in [1.807, 2.05) is 32.9 Å². The van der Waals surface area contributed by atoms with Gasteiger partial charge in [0.1, 0.15) is 0 Å². The van der Waals surface area contributed by atoms with E-state index < -0.39 is 0 Å². The van der Waals surface area contributed by atoms with Gasteiger partial charge in [-0.2, -0.15) is 0 Å². The summed E-state index contributed by atoms with van der Waals surface area (Å²) >= 11 is 0. The van der Waals surface area contributed by atoms with Crippen molar-refractivity contribution in [3.63, 3.8) is 0 Å². The second-order valence-electron chi connectivity index (χ2n) is 4.71. The maximum absolute atomic E-state index is 12.2. The summed E-state index contributed by atoms with van der Waals surface area (Å²) in [4.78, 5) is 12.2. The lowest BCUT2D eigenvalue weighted by Crippen LogP contribution is -2.34. The first-order chi connectivity index (χ1) is 8.06. The normalized spacial score (nSPS) is 12.5. The molecule has 0 radical (unpaired) electrons. The largest absolute Gasteiger partial charge is 0.307 e. The molecule has 0 fully saturated rings. The van der Waals surface area contributed by atoms with Gasteiger partial charge in [-0.05, 0) is 39.3 Å². The average molecular weight is 233 g/mol. The number of Topliss-reactive ketones (excluding diaryl/α,β-unsaturated/α-hetero) is 1. The van der Waals surface area contributed by atoms with Crippen molar-refractivity contribution >= 4 is 5.78 Å². The quantitative estimate of drug-likeness (QED) is 0.603. The molecule has 0 aliphatic carbocycles. The Labute approximate surface area is 104 Å². The maximum Gasteiger partial charge on any atom is 0.179 e. The van der Waals surface area contributed by atoms with Gasteiger partial charge in [-0.15, -0.1) is 0 Å². The number of benzene rings is 1. The van der Waals surface area contributed by atoms with Gasteiger partial charge in [-0.1, -0.05) is 37.1 Å². The first kappa shape index (κ1) is 13.9. The Kier molecular flexibility index (Phi) is 5.36. The van der Waals surface area contributed by atoms with Crippen LogP contribution in [-0.4, -0.2) is 18.4 Å². The first-order valence-electron chi connectivity index (χ1n) is 6.41. The molecule has 0 aromatic heterocycles. The van der Waals surface area contributed by atoms with Crippen LogP contribution in [0.2, 0.25) is 0 Å². The predicted molar refractivity (Wildman–Crippen MR) is 72.6 cm³/mol. The summed E-state index contributed by atoms with van der Waals surface area (Å²) in [5.74, 6) is 0.193. The van der Waals surface area contributed by atoms with E-state index in [0.29, 0.717) is 0 Å². The molecule has 94 valence electrons. The molecule has 0 aliphatic rings. The van der Waals surface area contributed by atoms with Crippen molar-refractivity contribution in [2.75, 3.05) is 6.54 Å². The summed E-state index contributed by atoms with van der Waals surface area (Å²) in [7, 11) is 0. The van der Waals surface area contributed by atoms with Crippen LogP contribution in [0.1, 0.15) is 48.2 Å². The second kappa shape index (κ2) is 6.55. The van der Waals surface area contributed by atoms with E-state index in [9.17, 15) is 4.79 Å². The zero-order chi connectivity index (χ0) is 12.8. The lowest BCUT2D eigenvalue weighted by molar-refractivity contribution is 0.0950. The van der Waals surface area contributed by atoms with Gasteiger partial charge < -0.3 is 5.32 Å². The summed E-state index contributed by atoms with van der Waals surface area (Å²) in [5.41, 5.74) is 3.11. The van der Waals surface area contributed by atoms with Gasteiger partial charge in [0, 0.05) is 5.56 Å². The third-order valence-electron chi connectivity index (χ3n) is 3.02. The molecule has 1 aromatic rings. The predicted octanol–water partition coefficient (Wildman–Crippen LogP) is 3.26. The van der Waals surface area contributed by atoms with Crippen molar-refractivity contribution in [2.45, 2.75) is 46.6 Å². The van der Waals surface area contributed by atoms with Crippen LogP contribution >= 0.6 is 0 Å². The van der Waals surface area contributed by atoms with Gasteiger partial charge in [0.25, 0.3) is 0 Å². The topological polar surface area (TPSA) is 29.1 Å². The van der Waals surface area contributed by atoms with Gasteiger partial charge in [-0.25, -0.2) is 0 Å². The molecule has 0 aliphatic heterocycles. The Balaban J connectivity index is 2.68. The number of carbonyl (C=O) groups excluding carboxylic acids is 1. The number of rotatable bonds is 6. The second-order valence-corrected chi connectivity index (χ2v) is 4.71. The minimum absolute atomic E-state index is 0.0945. The van der Waals surface area contributed by atoms with Crippen LogP contribution in [0.25, 0.3) is 0 Å². The number of carbonyl (C=O) groups is 1. The highest BCUT2D eigenvalue weighted by Gasteiger charge is 2.15. The van der Waals surface area contributed by atoms with Crippen LogP contribution in [0.3, 0.4) is 0 Å². The van der Waals surface area contributed by atoms with E-state index in [1.165, 1.54) is 5.56 Å². The molecule has 2 nitrogen and oxygen atoms in total. The van der Waals surface area contributed by atoms with E-state index in [4.69, 9.17) is 0 Å². The molecule has 0 bridgehead atoms. The zero-order valence-corrected chi connectivity index (χ0v) is 11.3. The highest BCUT2D eigenvalue weighted by Crippen LogP contribution is 2.12. The van der Waals surface area contributed by atoms with E-state index in [2.05, 4.69) is 18.3 Å². The number of hydrogen-bond acceptors (Lipinski definition) is 2. The fourth-order valence-corrected chi connectivity index (χ4v) is 1.91. The summed E-state index contributed by atoms with van der Waals surface area (Å²) in [6.07, 6.45) is 2.27. The Bertz CT molecular complexity index is 385. The van der Waals surface area contributed by atoms with Crippen LogP contribution in [0.4, 0.5) is 0 Å². The third kappa shape index (κ3) is 3.97. The summed E-state index contributed by atoms with van der Waals surface area (Å²) in [6.45, 7) is 9.05. The Morgan fingerprint density at radius 1 is 1.35 bits per heavy atom. The molecule has 0 amide bonds. The smallest absolute Gasteiger partial charge is 0.179 e. The molecule has 2 heteroatoms. The molecule has 1 rings (SSSR count). The molecule has 1 aromatic carbocycles. The number of aryl methyl sites for hydroxylation is 2. The van der Waals surface area contributed by atoms with E-state index in [-0.39, 0.29) is 11.8 Å². The fraction of sp³-hybridized carbons (Fsp3) is 0.533. The number of ketones is 1. The third-order valence-corrected chi connectivity index (χ3v) is 3.02. The molecular formula is C15H23NO. The average Bonchev–Trinajstić information content (AvgIpc) is 2.28. The van der Waals surface area contributed by atoms with Crippen LogP contribution < -0.4 is 5.32 Å². The lowest BCUT2D eigenvalue weighted by atomic mass is 9.98. The number of nitrogens with one attached hydrogen (secondary N) is 1. The van der Waals surface area contributed by atoms with Crippen LogP contribution in [0.15, 0.2) is 18.2 Å². The SMILES string of the molecule is CCCCNC(C)C(=O)c1ccc(C)cc1C. The van der Waals surface area contributed by atoms with Crippen LogP contribution in [0.5, 0.6) is 0 Å². The molecule has 0 heterocycles. The van der Waals surface area contributed by atoms with Crippen LogP contribution in [0, 0.1) is 13.8 Å². The van der Waals surface area contributed by atoms with Crippen molar-refractivity contribution in [3.8, 4) is 0 Å². The van der Waals surface area contributed by atoms with E-state index >= 15 is 0 Å². The molecule has 1 N–H and O–H groups in total. The van der Waals surface area contributed by atoms with Gasteiger partial charge in [-0.3, -0.25) is 4.79 Å². The maximum atomic E-state index is 12.2. The molecule has 0 saturated carbocycles. The molecule has 17 heavy (non-hydrogen) atoms. The van der Waals surface area contributed by atoms with Crippen molar-refractivity contribution in [3.05, 3.63) is 34.9 Å². The van der Waals surface area contributed by atoms with Crippen molar-refractivity contribution in [1.29, 1.82) is 0 Å². The Morgan fingerprint density at radius 2 is 2.06 bits per heavy atom. The van der Waals surface area contributed by atoms with E-state index in [1.54, 1.807) is 0 Å². The Hall–Kier alpha value is -1.15. The fourth-order valence-electron chi connectivity index (χ4n) is 1.91. The molecule has 0 spiro atoms. The van der Waals surface area contributed by atoms with Crippen molar-refractivity contribution in [2.24, 2.45) is 0 Å². The van der Waals surface area contributed by atoms with Crippen LogP contribution in [-0.2, 0) is 0 Å². The van der Waals surface area contributed by atoms with Crippen molar-refractivity contribution in [1.82, 2.24) is 5.32 Å². The first-order valence-corrected chi connectivity index (χ1v) is 6.41. The van der Waals surface area contributed by atoms with Crippen molar-refractivity contribution < 1.29 is 4.79 Å². The highest BCUT2D eigenvalue weighted by atomic mass is 16.1. The van der Waals surface area contributed by atoms with E-state index in [0.717, 1.165) is 30.5 Å². The minimum Gasteiger partial charge on any atom is -0.307 e. The Morgan fingerprint density at radius 3 is 2.65 bits per heavy atom. The summed E-state index contributed by atoms with van der Waals surface area (Å²) < 4.78 is 0. The molecular weight excluding hydrogens is 210 g/mol. The minimum atomic E-state index is -0.0945. The zero-order valence-electron chi connectivity index (χ0n) is 11.3.